The summed E-state index contributed by atoms with van der Waals surface area (Å²) in [6, 6.07) is 11.3. The summed E-state index contributed by atoms with van der Waals surface area (Å²) in [5, 5.41) is 0. The van der Waals surface area contributed by atoms with Crippen molar-refractivity contribution in [1.29, 1.82) is 0 Å². The maximum atomic E-state index is 13.3. The third kappa shape index (κ3) is 5.24. The predicted molar refractivity (Wildman–Crippen MR) is 126 cm³/mol. The van der Waals surface area contributed by atoms with Crippen molar-refractivity contribution in [2.45, 2.75) is 43.7 Å². The zero-order valence-electron chi connectivity index (χ0n) is 19.6. The number of benzene rings is 2. The van der Waals surface area contributed by atoms with Crippen LogP contribution in [0, 0.1) is 0 Å². The first-order valence-electron chi connectivity index (χ1n) is 11.2. The van der Waals surface area contributed by atoms with Crippen LogP contribution >= 0.6 is 0 Å². The molecule has 1 aliphatic heterocycles. The molecule has 0 radical (unpaired) electrons. The number of alkyl halides is 3. The molecule has 0 saturated heterocycles. The molecule has 2 heterocycles. The molecule has 0 saturated carbocycles. The van der Waals surface area contributed by atoms with Gasteiger partial charge in [0.2, 0.25) is 0 Å². The molecule has 4 rings (SSSR count). The van der Waals surface area contributed by atoms with Crippen LogP contribution in [-0.4, -0.2) is 39.0 Å². The number of nitrogens with zero attached hydrogens (tertiary/aromatic N) is 3. The van der Waals surface area contributed by atoms with Gasteiger partial charge in [0.15, 0.2) is 15.3 Å². The highest BCUT2D eigenvalue weighted by Gasteiger charge is 2.36. The second-order valence-electron chi connectivity index (χ2n) is 8.67. The van der Waals surface area contributed by atoms with Crippen molar-refractivity contribution < 1.29 is 26.7 Å². The number of methoxy groups -OCH3 is 1. The summed E-state index contributed by atoms with van der Waals surface area (Å²) in [4.78, 5) is 9.14. The van der Waals surface area contributed by atoms with Crippen molar-refractivity contribution in [2.75, 3.05) is 20.2 Å². The average Bonchev–Trinajstić information content (AvgIpc) is 3.06. The number of aromatic nitrogens is 2. The largest absolute Gasteiger partial charge is 0.593 e. The van der Waals surface area contributed by atoms with Gasteiger partial charge in [-0.15, -0.1) is 4.31 Å². The predicted octanol–water partition coefficient (Wildman–Crippen LogP) is 5.30. The van der Waals surface area contributed by atoms with Crippen LogP contribution < -0.4 is 4.74 Å². The van der Waals surface area contributed by atoms with Gasteiger partial charge in [-0.05, 0) is 42.8 Å². The highest BCUT2D eigenvalue weighted by atomic mass is 32.3. The van der Waals surface area contributed by atoms with Crippen LogP contribution in [0.5, 0.6) is 5.75 Å². The molecule has 0 N–H and O–H groups in total. The first-order valence-corrected chi connectivity index (χ1v) is 12.7. The van der Waals surface area contributed by atoms with Crippen molar-refractivity contribution in [3.05, 3.63) is 71.2 Å². The Morgan fingerprint density at radius 2 is 1.74 bits per heavy atom. The Hall–Kier alpha value is -2.82. The van der Waals surface area contributed by atoms with Gasteiger partial charge in [-0.2, -0.15) is 13.2 Å². The Bertz CT molecular complexity index is 1260. The van der Waals surface area contributed by atoms with Crippen molar-refractivity contribution >= 4 is 10.4 Å². The molecule has 0 bridgehead atoms. The van der Waals surface area contributed by atoms with E-state index in [2.05, 4.69) is 0 Å². The Morgan fingerprint density at radius 3 is 2.37 bits per heavy atom. The Labute approximate surface area is 203 Å². The third-order valence-corrected chi connectivity index (χ3v) is 7.89. The van der Waals surface area contributed by atoms with E-state index >= 15 is 0 Å². The second kappa shape index (κ2) is 9.67. The Kier molecular flexibility index (Phi) is 6.99. The van der Waals surface area contributed by atoms with E-state index in [9.17, 15) is 21.9 Å². The van der Waals surface area contributed by atoms with Crippen LogP contribution in [0.1, 0.15) is 42.4 Å². The van der Waals surface area contributed by atoms with Crippen LogP contribution in [0.3, 0.4) is 0 Å². The van der Waals surface area contributed by atoms with E-state index in [4.69, 9.17) is 14.7 Å². The number of hydrogen-bond donors (Lipinski definition) is 0. The molecule has 0 fully saturated rings. The molecule has 2 aromatic carbocycles. The molecule has 1 unspecified atom stereocenters. The molecular weight excluding hydrogens is 479 g/mol. The quantitative estimate of drug-likeness (QED) is 0.440. The number of rotatable bonds is 5. The lowest BCUT2D eigenvalue weighted by Gasteiger charge is -2.26. The van der Waals surface area contributed by atoms with Crippen molar-refractivity contribution in [3.8, 4) is 17.0 Å². The molecule has 1 aromatic heterocycles. The van der Waals surface area contributed by atoms with Gasteiger partial charge in [0, 0.05) is 48.3 Å². The number of ether oxygens (including phenoxy) is 1. The number of fused-ring (bicyclic) bond motifs is 1. The fourth-order valence-corrected chi connectivity index (χ4v) is 5.55. The summed E-state index contributed by atoms with van der Waals surface area (Å²) in [6.45, 7) is 4.20. The topological polar surface area (TPSA) is 78.4 Å². The summed E-state index contributed by atoms with van der Waals surface area (Å²) < 4.78 is 72.5. The fourth-order valence-electron chi connectivity index (χ4n) is 4.07. The minimum atomic E-state index is -4.63. The first kappa shape index (κ1) is 25.3. The zero-order chi connectivity index (χ0) is 25.4. The maximum absolute atomic E-state index is 13.3. The lowest BCUT2D eigenvalue weighted by atomic mass is 10.00. The monoisotopic (exact) mass is 505 g/mol. The molecule has 0 spiro atoms. The molecule has 1 aliphatic rings. The highest BCUT2D eigenvalue weighted by molar-refractivity contribution is 7.95. The van der Waals surface area contributed by atoms with Crippen LogP contribution in [0.4, 0.5) is 13.2 Å². The summed E-state index contributed by atoms with van der Waals surface area (Å²) in [6.07, 6.45) is -3.96. The minimum absolute atomic E-state index is 0.0606. The van der Waals surface area contributed by atoms with Crippen LogP contribution in [-0.2, 0) is 33.6 Å². The fraction of sp³-hybridized carbons (Fsp3) is 0.360. The van der Waals surface area contributed by atoms with E-state index in [-0.39, 0.29) is 23.9 Å². The third-order valence-electron chi connectivity index (χ3n) is 6.00. The van der Waals surface area contributed by atoms with E-state index < -0.39 is 22.1 Å². The van der Waals surface area contributed by atoms with Crippen molar-refractivity contribution in [3.63, 3.8) is 0 Å². The minimum Gasteiger partial charge on any atom is -0.593 e. The van der Waals surface area contributed by atoms with Crippen LogP contribution in [0.2, 0.25) is 0 Å². The second-order valence-corrected chi connectivity index (χ2v) is 10.6. The van der Waals surface area contributed by atoms with Gasteiger partial charge in [0.25, 0.3) is 0 Å². The van der Waals surface area contributed by atoms with Gasteiger partial charge in [0.1, 0.15) is 11.6 Å². The highest BCUT2D eigenvalue weighted by Crippen LogP contribution is 2.34. The number of halogens is 3. The number of sulfonamides is 1. The normalized spacial score (nSPS) is 16.5. The van der Waals surface area contributed by atoms with E-state index in [1.54, 1.807) is 7.11 Å². The average molecular weight is 506 g/mol. The first-order chi connectivity index (χ1) is 16.5. The molecule has 35 heavy (non-hydrogen) atoms. The maximum Gasteiger partial charge on any atom is 0.416 e. The molecule has 6 nitrogen and oxygen atoms in total. The standard InChI is InChI=1S/C25H26F3N3O3S/c1-16(2)24-29-22-12-14-31(35(32,33)20-6-4-5-18(15-20)25(26,27)28)13-11-21(22)23(30-24)17-7-9-19(34-3)10-8-17/h4-10,15-16H,11-14H2,1-3H3. The van der Waals surface area contributed by atoms with Gasteiger partial charge in [-0.1, -0.05) is 24.1 Å². The Balaban J connectivity index is 1.70. The smallest absolute Gasteiger partial charge is 0.416 e. The van der Waals surface area contributed by atoms with Crippen LogP contribution in [0.25, 0.3) is 11.3 Å². The summed E-state index contributed by atoms with van der Waals surface area (Å²) in [5.74, 6) is 1.42. The molecule has 0 aliphatic carbocycles. The van der Waals surface area contributed by atoms with Gasteiger partial charge < -0.3 is 9.29 Å². The molecule has 186 valence electrons. The lowest BCUT2D eigenvalue weighted by Crippen LogP contribution is -2.38. The molecule has 1 atom stereocenters. The molecular formula is C25H26F3N3O3S. The van der Waals surface area contributed by atoms with Gasteiger partial charge in [0.05, 0.1) is 18.4 Å². The lowest BCUT2D eigenvalue weighted by molar-refractivity contribution is -0.137. The van der Waals surface area contributed by atoms with E-state index in [1.165, 1.54) is 10.4 Å². The summed E-state index contributed by atoms with van der Waals surface area (Å²) in [5.41, 5.74) is 2.21. The zero-order valence-corrected chi connectivity index (χ0v) is 20.4. The van der Waals surface area contributed by atoms with Crippen LogP contribution in [0.15, 0.2) is 53.4 Å². The van der Waals surface area contributed by atoms with E-state index in [0.29, 0.717) is 30.5 Å². The van der Waals surface area contributed by atoms with Crippen molar-refractivity contribution in [2.24, 2.45) is 0 Å². The van der Waals surface area contributed by atoms with E-state index in [0.717, 1.165) is 34.6 Å². The molecule has 10 heteroatoms. The number of hydrogen-bond acceptors (Lipinski definition) is 5. The molecule has 0 amide bonds. The SMILES string of the molecule is COc1ccc(-c2nc(C(C)C)nc3c2CCN([S+](=O)([O-])c2cccc(C(F)(F)F)c2)CC3)cc1. The summed E-state index contributed by atoms with van der Waals surface area (Å²) >= 11 is 0. The van der Waals surface area contributed by atoms with E-state index in [1.807, 2.05) is 38.1 Å². The summed E-state index contributed by atoms with van der Waals surface area (Å²) in [7, 11) is -2.54. The van der Waals surface area contributed by atoms with Gasteiger partial charge in [-0.3, -0.25) is 0 Å². The van der Waals surface area contributed by atoms with Gasteiger partial charge in [-0.25, -0.2) is 9.97 Å². The van der Waals surface area contributed by atoms with Crippen molar-refractivity contribution in [1.82, 2.24) is 14.3 Å². The Morgan fingerprint density at radius 1 is 1.06 bits per heavy atom. The van der Waals surface area contributed by atoms with Gasteiger partial charge >= 0.3 is 6.18 Å². The molecule has 3 aromatic rings.